The maximum Gasteiger partial charge on any atom is 0.272 e. The molecule has 1 aromatic carbocycles. The van der Waals surface area contributed by atoms with Crippen LogP contribution in [0.25, 0.3) is 11.3 Å². The number of halogens is 1. The van der Waals surface area contributed by atoms with Crippen molar-refractivity contribution in [1.82, 2.24) is 24.9 Å². The van der Waals surface area contributed by atoms with E-state index < -0.39 is 0 Å². The number of aromatic amines is 1. The minimum Gasteiger partial charge on any atom is -0.330 e. The molecule has 1 aliphatic heterocycles. The Morgan fingerprint density at radius 1 is 1.32 bits per heavy atom. The van der Waals surface area contributed by atoms with Gasteiger partial charge in [0.25, 0.3) is 5.91 Å². The number of carbonyl (C=O) groups excluding carboxylic acids is 1. The Hall–Kier alpha value is -2.96. The third kappa shape index (κ3) is 2.93. The predicted octanol–water partition coefficient (Wildman–Crippen LogP) is 2.93. The molecule has 7 heteroatoms. The molecule has 3 heterocycles. The van der Waals surface area contributed by atoms with E-state index in [2.05, 4.69) is 15.3 Å². The zero-order valence-corrected chi connectivity index (χ0v) is 13.8. The van der Waals surface area contributed by atoms with Gasteiger partial charge in [-0.2, -0.15) is 10.2 Å². The molecule has 6 nitrogen and oxygen atoms in total. The van der Waals surface area contributed by atoms with Crippen molar-refractivity contribution in [2.24, 2.45) is 7.05 Å². The fraction of sp³-hybridized carbons (Fsp3) is 0.278. The first kappa shape index (κ1) is 15.6. The molecule has 0 spiro atoms. The Balaban J connectivity index is 1.57. The number of hydrogen-bond acceptors (Lipinski definition) is 3. The van der Waals surface area contributed by atoms with Crippen LogP contribution in [-0.4, -0.2) is 37.3 Å². The molecule has 1 N–H and O–H groups in total. The van der Waals surface area contributed by atoms with Crippen LogP contribution in [0.4, 0.5) is 4.39 Å². The van der Waals surface area contributed by atoms with Gasteiger partial charge >= 0.3 is 0 Å². The van der Waals surface area contributed by atoms with E-state index in [0.717, 1.165) is 24.0 Å². The molecule has 1 aliphatic rings. The van der Waals surface area contributed by atoms with Crippen LogP contribution in [0.1, 0.15) is 34.9 Å². The lowest BCUT2D eigenvalue weighted by Gasteiger charge is -2.23. The highest BCUT2D eigenvalue weighted by atomic mass is 19.1. The topological polar surface area (TPSA) is 66.8 Å². The summed E-state index contributed by atoms with van der Waals surface area (Å²) >= 11 is 0. The molecule has 0 bridgehead atoms. The minimum atomic E-state index is -0.299. The standard InChI is InChI=1S/C18H18FN5O/c1-23-11-13(10-20-23)17-3-2-8-24(17)18(25)16-9-15(21-22-16)12-4-6-14(19)7-5-12/h4-7,9-11,17H,2-3,8H2,1H3,(H,21,22)/t17-/m0/s1. The molecule has 25 heavy (non-hydrogen) atoms. The van der Waals surface area contributed by atoms with Crippen molar-refractivity contribution >= 4 is 5.91 Å². The van der Waals surface area contributed by atoms with E-state index >= 15 is 0 Å². The normalized spacial score (nSPS) is 17.2. The van der Waals surface area contributed by atoms with Gasteiger partial charge in [0, 0.05) is 30.9 Å². The van der Waals surface area contributed by atoms with Crippen molar-refractivity contribution in [1.29, 1.82) is 0 Å². The molecular weight excluding hydrogens is 321 g/mol. The summed E-state index contributed by atoms with van der Waals surface area (Å²) in [5.74, 6) is -0.376. The number of nitrogens with one attached hydrogen (secondary N) is 1. The highest BCUT2D eigenvalue weighted by Crippen LogP contribution is 2.33. The number of rotatable bonds is 3. The maximum atomic E-state index is 13.1. The second kappa shape index (κ2) is 6.16. The van der Waals surface area contributed by atoms with Crippen molar-refractivity contribution in [3.63, 3.8) is 0 Å². The summed E-state index contributed by atoms with van der Waals surface area (Å²) in [7, 11) is 1.87. The van der Waals surface area contributed by atoms with Crippen LogP contribution in [0.5, 0.6) is 0 Å². The second-order valence-corrected chi connectivity index (χ2v) is 6.28. The second-order valence-electron chi connectivity index (χ2n) is 6.28. The Labute approximate surface area is 144 Å². The van der Waals surface area contributed by atoms with Crippen molar-refractivity contribution in [2.45, 2.75) is 18.9 Å². The Morgan fingerprint density at radius 2 is 2.12 bits per heavy atom. The molecule has 3 aromatic rings. The number of aryl methyl sites for hydroxylation is 1. The molecule has 128 valence electrons. The first-order valence-corrected chi connectivity index (χ1v) is 8.22. The highest BCUT2D eigenvalue weighted by Gasteiger charge is 2.32. The summed E-state index contributed by atoms with van der Waals surface area (Å²) < 4.78 is 14.8. The third-order valence-electron chi connectivity index (χ3n) is 4.57. The number of likely N-dealkylation sites (tertiary alicyclic amines) is 1. The SMILES string of the molecule is Cn1cc([C@@H]2CCCN2C(=O)c2cc(-c3ccc(F)cc3)n[nH]2)cn1. The number of H-pyrrole nitrogens is 1. The number of carbonyl (C=O) groups is 1. The van der Waals surface area contributed by atoms with Gasteiger partial charge in [0.15, 0.2) is 0 Å². The van der Waals surface area contributed by atoms with E-state index in [9.17, 15) is 9.18 Å². The van der Waals surface area contributed by atoms with E-state index in [1.807, 2.05) is 24.3 Å². The number of aromatic nitrogens is 4. The number of benzene rings is 1. The number of amides is 1. The molecule has 0 saturated carbocycles. The van der Waals surface area contributed by atoms with Crippen LogP contribution in [0.15, 0.2) is 42.7 Å². The van der Waals surface area contributed by atoms with Crippen LogP contribution < -0.4 is 0 Å². The lowest BCUT2D eigenvalue weighted by atomic mass is 10.1. The van der Waals surface area contributed by atoms with Crippen LogP contribution in [-0.2, 0) is 7.05 Å². The smallest absolute Gasteiger partial charge is 0.272 e. The molecule has 1 atom stereocenters. The van der Waals surface area contributed by atoms with E-state index in [0.29, 0.717) is 17.9 Å². The van der Waals surface area contributed by atoms with Crippen LogP contribution in [0.3, 0.4) is 0 Å². The van der Waals surface area contributed by atoms with Crippen molar-refractivity contribution in [3.05, 3.63) is 59.8 Å². The van der Waals surface area contributed by atoms with Gasteiger partial charge in [-0.1, -0.05) is 0 Å². The van der Waals surface area contributed by atoms with Crippen LogP contribution >= 0.6 is 0 Å². The van der Waals surface area contributed by atoms with E-state index in [4.69, 9.17) is 0 Å². The van der Waals surface area contributed by atoms with Gasteiger partial charge in [-0.15, -0.1) is 0 Å². The van der Waals surface area contributed by atoms with Gasteiger partial charge in [-0.25, -0.2) is 4.39 Å². The molecule has 0 unspecified atom stereocenters. The first-order chi connectivity index (χ1) is 12.1. The average molecular weight is 339 g/mol. The summed E-state index contributed by atoms with van der Waals surface area (Å²) in [5, 5.41) is 11.2. The summed E-state index contributed by atoms with van der Waals surface area (Å²) in [4.78, 5) is 14.8. The van der Waals surface area contributed by atoms with Gasteiger partial charge in [0.2, 0.25) is 0 Å². The zero-order chi connectivity index (χ0) is 17.4. The molecule has 4 rings (SSSR count). The molecule has 1 saturated heterocycles. The molecule has 0 radical (unpaired) electrons. The summed E-state index contributed by atoms with van der Waals surface area (Å²) in [6, 6.07) is 7.81. The number of hydrogen-bond donors (Lipinski definition) is 1. The van der Waals surface area contributed by atoms with E-state index in [1.54, 1.807) is 22.9 Å². The third-order valence-corrected chi connectivity index (χ3v) is 4.57. The van der Waals surface area contributed by atoms with Crippen LogP contribution in [0.2, 0.25) is 0 Å². The van der Waals surface area contributed by atoms with Gasteiger partial charge in [-0.3, -0.25) is 14.6 Å². The largest absolute Gasteiger partial charge is 0.330 e. The Morgan fingerprint density at radius 3 is 2.84 bits per heavy atom. The Kier molecular flexibility index (Phi) is 3.83. The molecule has 1 fully saturated rings. The quantitative estimate of drug-likeness (QED) is 0.798. The zero-order valence-electron chi connectivity index (χ0n) is 13.8. The maximum absolute atomic E-state index is 13.1. The fourth-order valence-corrected chi connectivity index (χ4v) is 3.32. The summed E-state index contributed by atoms with van der Waals surface area (Å²) in [5.41, 5.74) is 2.88. The molecule has 2 aromatic heterocycles. The summed E-state index contributed by atoms with van der Waals surface area (Å²) in [6.45, 7) is 0.712. The van der Waals surface area contributed by atoms with Gasteiger partial charge in [0.05, 0.1) is 17.9 Å². The lowest BCUT2D eigenvalue weighted by molar-refractivity contribution is 0.0729. The fourth-order valence-electron chi connectivity index (χ4n) is 3.32. The van der Waals surface area contributed by atoms with Crippen molar-refractivity contribution < 1.29 is 9.18 Å². The first-order valence-electron chi connectivity index (χ1n) is 8.22. The van der Waals surface area contributed by atoms with Crippen LogP contribution in [0, 0.1) is 5.82 Å². The number of nitrogens with zero attached hydrogens (tertiary/aromatic N) is 4. The highest BCUT2D eigenvalue weighted by molar-refractivity contribution is 5.93. The van der Waals surface area contributed by atoms with Gasteiger partial charge in [-0.05, 0) is 43.2 Å². The molecule has 1 amide bonds. The Bertz CT molecular complexity index is 898. The van der Waals surface area contributed by atoms with Crippen molar-refractivity contribution in [3.8, 4) is 11.3 Å². The lowest BCUT2D eigenvalue weighted by Crippen LogP contribution is -2.30. The van der Waals surface area contributed by atoms with Crippen molar-refractivity contribution in [2.75, 3.05) is 6.54 Å². The van der Waals surface area contributed by atoms with Gasteiger partial charge < -0.3 is 4.90 Å². The predicted molar refractivity (Wildman–Crippen MR) is 90.2 cm³/mol. The van der Waals surface area contributed by atoms with E-state index in [-0.39, 0.29) is 17.8 Å². The molecule has 0 aliphatic carbocycles. The average Bonchev–Trinajstić information content (AvgIpc) is 3.35. The summed E-state index contributed by atoms with van der Waals surface area (Å²) in [6.07, 6.45) is 5.65. The molecular formula is C18H18FN5O. The van der Waals surface area contributed by atoms with E-state index in [1.165, 1.54) is 12.1 Å². The minimum absolute atomic E-state index is 0.0405. The monoisotopic (exact) mass is 339 g/mol. The van der Waals surface area contributed by atoms with Gasteiger partial charge in [0.1, 0.15) is 11.5 Å².